The number of benzene rings is 3. The number of rotatable bonds is 7. The van der Waals surface area contributed by atoms with Crippen molar-refractivity contribution in [2.75, 3.05) is 13.4 Å². The summed E-state index contributed by atoms with van der Waals surface area (Å²) in [5.74, 6) is 1.36. The monoisotopic (exact) mass is 515 g/mol. The van der Waals surface area contributed by atoms with E-state index in [1.807, 2.05) is 36.4 Å². The van der Waals surface area contributed by atoms with Gasteiger partial charge >= 0.3 is 0 Å². The Kier molecular flexibility index (Phi) is 6.02. The van der Waals surface area contributed by atoms with Crippen LogP contribution in [0.5, 0.6) is 17.2 Å². The van der Waals surface area contributed by atoms with Crippen LogP contribution in [-0.4, -0.2) is 24.2 Å². The molecule has 2 aliphatic heterocycles. The van der Waals surface area contributed by atoms with Gasteiger partial charge in [0.2, 0.25) is 12.6 Å². The van der Waals surface area contributed by atoms with Gasteiger partial charge in [0.25, 0.3) is 5.91 Å². The number of fused-ring (bicyclic) bond motifs is 3. The van der Waals surface area contributed by atoms with Crippen LogP contribution in [0, 0.1) is 11.7 Å². The van der Waals surface area contributed by atoms with E-state index in [1.165, 1.54) is 12.1 Å². The van der Waals surface area contributed by atoms with Crippen LogP contribution in [0.25, 0.3) is 11.0 Å². The molecular weight excluding hydrogens is 489 g/mol. The first-order chi connectivity index (χ1) is 18.4. The maximum Gasteiger partial charge on any atom is 0.291 e. The Bertz CT molecular complexity index is 1610. The van der Waals surface area contributed by atoms with Crippen molar-refractivity contribution in [3.8, 4) is 17.2 Å². The molecule has 0 aliphatic carbocycles. The van der Waals surface area contributed by atoms with Crippen molar-refractivity contribution in [1.82, 2.24) is 4.90 Å². The van der Waals surface area contributed by atoms with E-state index in [1.54, 1.807) is 11.0 Å². The van der Waals surface area contributed by atoms with Crippen molar-refractivity contribution in [2.45, 2.75) is 32.9 Å². The van der Waals surface area contributed by atoms with Gasteiger partial charge < -0.3 is 23.5 Å². The van der Waals surface area contributed by atoms with Gasteiger partial charge in [0.05, 0.1) is 23.6 Å². The Hall–Kier alpha value is -4.33. The van der Waals surface area contributed by atoms with E-state index in [9.17, 15) is 14.0 Å². The largest absolute Gasteiger partial charge is 0.494 e. The van der Waals surface area contributed by atoms with E-state index in [0.717, 1.165) is 18.1 Å². The van der Waals surface area contributed by atoms with Crippen LogP contribution < -0.4 is 19.6 Å². The third-order valence-electron chi connectivity index (χ3n) is 6.86. The molecule has 1 aromatic heterocycles. The quantitative estimate of drug-likeness (QED) is 0.308. The molecule has 0 radical (unpaired) electrons. The van der Waals surface area contributed by atoms with E-state index < -0.39 is 23.2 Å². The fourth-order valence-electron chi connectivity index (χ4n) is 4.93. The highest BCUT2D eigenvalue weighted by atomic mass is 19.1. The molecule has 0 N–H and O–H groups in total. The lowest BCUT2D eigenvalue weighted by Crippen LogP contribution is -2.29. The Labute approximate surface area is 218 Å². The smallest absolute Gasteiger partial charge is 0.291 e. The Morgan fingerprint density at radius 1 is 1.03 bits per heavy atom. The van der Waals surface area contributed by atoms with Crippen molar-refractivity contribution in [3.05, 3.63) is 99.2 Å². The van der Waals surface area contributed by atoms with Gasteiger partial charge in [-0.1, -0.05) is 32.0 Å². The van der Waals surface area contributed by atoms with Crippen molar-refractivity contribution in [2.24, 2.45) is 5.92 Å². The minimum atomic E-state index is -0.750. The summed E-state index contributed by atoms with van der Waals surface area (Å²) in [5, 5.41) is 0.0933. The van der Waals surface area contributed by atoms with Crippen LogP contribution in [0.4, 0.5) is 4.39 Å². The van der Waals surface area contributed by atoms with E-state index in [-0.39, 0.29) is 35.6 Å². The second-order valence-corrected chi connectivity index (χ2v) is 9.94. The highest BCUT2D eigenvalue weighted by Gasteiger charge is 2.43. The first-order valence-corrected chi connectivity index (χ1v) is 12.6. The SMILES string of the molecule is CC(C)CCOc1cccc(C2c3c(oc4ccc(F)cc4c3=O)C(=O)N2Cc2ccc3c(c2)OCO3)c1. The number of halogens is 1. The third kappa shape index (κ3) is 4.26. The molecule has 0 bridgehead atoms. The van der Waals surface area contributed by atoms with Crippen molar-refractivity contribution < 1.29 is 27.8 Å². The van der Waals surface area contributed by atoms with E-state index in [2.05, 4.69) is 13.8 Å². The molecule has 3 heterocycles. The van der Waals surface area contributed by atoms with E-state index in [0.29, 0.717) is 35.3 Å². The van der Waals surface area contributed by atoms with Gasteiger partial charge in [-0.3, -0.25) is 9.59 Å². The minimum Gasteiger partial charge on any atom is -0.494 e. The average molecular weight is 516 g/mol. The highest BCUT2D eigenvalue weighted by Crippen LogP contribution is 2.41. The molecule has 38 heavy (non-hydrogen) atoms. The van der Waals surface area contributed by atoms with Crippen LogP contribution in [0.2, 0.25) is 0 Å². The second-order valence-electron chi connectivity index (χ2n) is 9.94. The predicted molar refractivity (Wildman–Crippen MR) is 138 cm³/mol. The molecular formula is C30H26FNO6. The average Bonchev–Trinajstić information content (AvgIpc) is 3.47. The summed E-state index contributed by atoms with van der Waals surface area (Å²) in [6.07, 6.45) is 0.895. The molecule has 6 rings (SSSR count). The number of nitrogens with zero attached hydrogens (tertiary/aromatic N) is 1. The summed E-state index contributed by atoms with van der Waals surface area (Å²) >= 11 is 0. The topological polar surface area (TPSA) is 78.2 Å². The minimum absolute atomic E-state index is 0.0361. The molecule has 3 aromatic carbocycles. The van der Waals surface area contributed by atoms with Gasteiger partial charge in [0.15, 0.2) is 16.9 Å². The number of carbonyl (C=O) groups is 1. The molecule has 1 amide bonds. The maximum absolute atomic E-state index is 14.1. The molecule has 2 aliphatic rings. The Morgan fingerprint density at radius 3 is 2.71 bits per heavy atom. The number of hydrogen-bond acceptors (Lipinski definition) is 6. The van der Waals surface area contributed by atoms with Gasteiger partial charge in [-0.05, 0) is 65.9 Å². The normalized spacial score (nSPS) is 15.9. The molecule has 7 nitrogen and oxygen atoms in total. The standard InChI is InChI=1S/C30H26FNO6/c1-17(2)10-11-35-21-5-3-4-19(13-21)27-26-28(33)22-14-20(31)7-9-23(22)38-29(26)30(34)32(27)15-18-6-8-24-25(12-18)37-16-36-24/h3-9,12-14,17,27H,10-11,15-16H2,1-2H3. The number of carbonyl (C=O) groups excluding carboxylic acids is 1. The third-order valence-corrected chi connectivity index (χ3v) is 6.86. The lowest BCUT2D eigenvalue weighted by atomic mass is 9.98. The number of ether oxygens (including phenoxy) is 3. The van der Waals surface area contributed by atoms with E-state index >= 15 is 0 Å². The molecule has 0 saturated heterocycles. The van der Waals surface area contributed by atoms with Crippen LogP contribution in [0.1, 0.15) is 53.6 Å². The summed E-state index contributed by atoms with van der Waals surface area (Å²) < 4.78 is 36.9. The first kappa shape index (κ1) is 24.0. The lowest BCUT2D eigenvalue weighted by molar-refractivity contribution is 0.0714. The fraction of sp³-hybridized carbons (Fsp3) is 0.267. The second kappa shape index (κ2) is 9.52. The summed E-state index contributed by atoms with van der Waals surface area (Å²) in [4.78, 5) is 29.0. The summed E-state index contributed by atoms with van der Waals surface area (Å²) in [7, 11) is 0. The molecule has 0 spiro atoms. The first-order valence-electron chi connectivity index (χ1n) is 12.6. The van der Waals surface area contributed by atoms with Crippen molar-refractivity contribution in [3.63, 3.8) is 0 Å². The fourth-order valence-corrected chi connectivity index (χ4v) is 4.93. The maximum atomic E-state index is 14.1. The summed E-state index contributed by atoms with van der Waals surface area (Å²) in [5.41, 5.74) is 1.42. The van der Waals surface area contributed by atoms with Crippen molar-refractivity contribution in [1.29, 1.82) is 0 Å². The van der Waals surface area contributed by atoms with Gasteiger partial charge in [-0.15, -0.1) is 0 Å². The van der Waals surface area contributed by atoms with Crippen LogP contribution >= 0.6 is 0 Å². The number of hydrogen-bond donors (Lipinski definition) is 0. The lowest BCUT2D eigenvalue weighted by Gasteiger charge is -2.25. The van der Waals surface area contributed by atoms with Crippen LogP contribution in [-0.2, 0) is 6.54 Å². The van der Waals surface area contributed by atoms with Crippen molar-refractivity contribution >= 4 is 16.9 Å². The molecule has 1 unspecified atom stereocenters. The molecule has 194 valence electrons. The predicted octanol–water partition coefficient (Wildman–Crippen LogP) is 5.83. The molecule has 1 atom stereocenters. The summed E-state index contributed by atoms with van der Waals surface area (Å²) in [6, 6.07) is 15.8. The zero-order valence-corrected chi connectivity index (χ0v) is 21.0. The molecule has 0 fully saturated rings. The number of amides is 1. The van der Waals surface area contributed by atoms with Crippen LogP contribution in [0.15, 0.2) is 69.9 Å². The highest BCUT2D eigenvalue weighted by molar-refractivity contribution is 5.99. The zero-order valence-electron chi connectivity index (χ0n) is 21.0. The van der Waals surface area contributed by atoms with Gasteiger partial charge in [-0.2, -0.15) is 0 Å². The van der Waals surface area contributed by atoms with Gasteiger partial charge in [0, 0.05) is 6.54 Å². The zero-order chi connectivity index (χ0) is 26.4. The summed E-state index contributed by atoms with van der Waals surface area (Å²) in [6.45, 7) is 5.13. The van der Waals surface area contributed by atoms with Crippen LogP contribution in [0.3, 0.4) is 0 Å². The van der Waals surface area contributed by atoms with Gasteiger partial charge in [0.1, 0.15) is 17.1 Å². The Morgan fingerprint density at radius 2 is 1.87 bits per heavy atom. The molecule has 4 aromatic rings. The Balaban J connectivity index is 1.45. The van der Waals surface area contributed by atoms with E-state index in [4.69, 9.17) is 18.6 Å². The van der Waals surface area contributed by atoms with Gasteiger partial charge in [-0.25, -0.2) is 4.39 Å². The molecule has 0 saturated carbocycles. The molecule has 8 heteroatoms.